The van der Waals surface area contributed by atoms with Crippen LogP contribution in [0.2, 0.25) is 0 Å². The molecule has 0 aliphatic heterocycles. The average Bonchev–Trinajstić information content (AvgIpc) is 2.65. The largest absolute Gasteiger partial charge is 0.387 e. The first-order chi connectivity index (χ1) is 7.48. The lowest BCUT2D eigenvalue weighted by Gasteiger charge is -2.23. The molecule has 2 N–H and O–H groups in total. The number of aryl methyl sites for hydroxylation is 1. The molecule has 2 rings (SSSR count). The summed E-state index contributed by atoms with van der Waals surface area (Å²) in [4.78, 5) is 6.22. The molecular weight excluding hydrogens is 216 g/mol. The third kappa shape index (κ3) is 2.29. The summed E-state index contributed by atoms with van der Waals surface area (Å²) in [5.74, 6) is 0.775. The van der Waals surface area contributed by atoms with E-state index in [-0.39, 0.29) is 5.41 Å². The second-order valence-electron chi connectivity index (χ2n) is 5.47. The molecule has 16 heavy (non-hydrogen) atoms. The predicted molar refractivity (Wildman–Crippen MR) is 71.1 cm³/mol. The molecule has 0 fully saturated rings. The number of rotatable bonds is 1. The van der Waals surface area contributed by atoms with Crippen molar-refractivity contribution in [2.45, 2.75) is 46.1 Å². The first-order valence-electron chi connectivity index (χ1n) is 5.88. The van der Waals surface area contributed by atoms with E-state index < -0.39 is 0 Å². The number of fused-ring (bicyclic) bond motifs is 1. The molecule has 2 nitrogen and oxygen atoms in total. The Morgan fingerprint density at radius 1 is 1.50 bits per heavy atom. The number of aliphatic imine (C=N–C) groups is 1. The molecule has 0 amide bonds. The third-order valence-corrected chi connectivity index (χ3v) is 4.08. The Kier molecular flexibility index (Phi) is 3.06. The minimum Gasteiger partial charge on any atom is -0.387 e. The highest BCUT2D eigenvalue weighted by Gasteiger charge is 2.23. The number of nitrogens with zero attached hydrogens (tertiary/aromatic N) is 1. The maximum Gasteiger partial charge on any atom is 0.0998 e. The minimum absolute atomic E-state index is 0.0202. The van der Waals surface area contributed by atoms with E-state index in [1.54, 1.807) is 0 Å². The second-order valence-corrected chi connectivity index (χ2v) is 6.47. The highest BCUT2D eigenvalue weighted by atomic mass is 32.1. The zero-order chi connectivity index (χ0) is 11.8. The summed E-state index contributed by atoms with van der Waals surface area (Å²) in [6.45, 7) is 6.34. The van der Waals surface area contributed by atoms with Gasteiger partial charge in [-0.05, 0) is 36.3 Å². The van der Waals surface area contributed by atoms with Crippen LogP contribution in [0.4, 0.5) is 0 Å². The Morgan fingerprint density at radius 3 is 2.94 bits per heavy atom. The van der Waals surface area contributed by atoms with Gasteiger partial charge in [0.1, 0.15) is 0 Å². The van der Waals surface area contributed by atoms with Gasteiger partial charge in [-0.2, -0.15) is 0 Å². The van der Waals surface area contributed by atoms with Gasteiger partial charge in [0.05, 0.1) is 11.9 Å². The molecular formula is C13H20N2S. The summed E-state index contributed by atoms with van der Waals surface area (Å²) in [5.41, 5.74) is 7.45. The van der Waals surface area contributed by atoms with Crippen molar-refractivity contribution < 1.29 is 0 Å². The van der Waals surface area contributed by atoms with Gasteiger partial charge in [0.15, 0.2) is 0 Å². The van der Waals surface area contributed by atoms with Crippen molar-refractivity contribution in [2.75, 3.05) is 0 Å². The monoisotopic (exact) mass is 236 g/mol. The molecule has 0 bridgehead atoms. The fraction of sp³-hybridized carbons (Fsp3) is 0.615. The number of hydrogen-bond acceptors (Lipinski definition) is 2. The summed E-state index contributed by atoms with van der Waals surface area (Å²) in [6.07, 6.45) is 3.59. The normalized spacial score (nSPS) is 21.9. The summed E-state index contributed by atoms with van der Waals surface area (Å²) in [5, 5.41) is 2.17. The number of amidine groups is 1. The molecule has 1 aliphatic rings. The standard InChI is InChI=1S/C13H20N2S/c1-13(2,3)12(14)15-10-5-4-6-11-9(10)7-8-16-11/h7-8,10H,4-6H2,1-3H3,(H2,14,15). The van der Waals surface area contributed by atoms with E-state index >= 15 is 0 Å². The molecule has 0 aromatic carbocycles. The van der Waals surface area contributed by atoms with Crippen LogP contribution in [0.5, 0.6) is 0 Å². The van der Waals surface area contributed by atoms with Gasteiger partial charge in [0, 0.05) is 10.3 Å². The highest BCUT2D eigenvalue weighted by Crippen LogP contribution is 2.36. The van der Waals surface area contributed by atoms with Crippen molar-refractivity contribution in [1.29, 1.82) is 0 Å². The number of nitrogens with two attached hydrogens (primary N) is 1. The fourth-order valence-electron chi connectivity index (χ4n) is 1.96. The molecule has 3 heteroatoms. The van der Waals surface area contributed by atoms with Crippen molar-refractivity contribution in [3.05, 3.63) is 21.9 Å². The van der Waals surface area contributed by atoms with Gasteiger partial charge < -0.3 is 5.73 Å². The molecule has 1 unspecified atom stereocenters. The van der Waals surface area contributed by atoms with E-state index in [0.717, 1.165) is 12.3 Å². The molecule has 88 valence electrons. The van der Waals surface area contributed by atoms with Gasteiger partial charge in [-0.15, -0.1) is 11.3 Å². The van der Waals surface area contributed by atoms with Crippen LogP contribution in [0.15, 0.2) is 16.4 Å². The molecule has 1 aliphatic carbocycles. The van der Waals surface area contributed by atoms with E-state index in [1.165, 1.54) is 23.3 Å². The van der Waals surface area contributed by atoms with Crippen LogP contribution in [0, 0.1) is 5.41 Å². The van der Waals surface area contributed by atoms with Crippen molar-refractivity contribution in [3.63, 3.8) is 0 Å². The van der Waals surface area contributed by atoms with Crippen LogP contribution >= 0.6 is 11.3 Å². The number of thiophene rings is 1. The lowest BCUT2D eigenvalue weighted by atomic mass is 9.92. The topological polar surface area (TPSA) is 38.4 Å². The van der Waals surface area contributed by atoms with Crippen LogP contribution in [-0.2, 0) is 6.42 Å². The molecule has 1 aromatic rings. The SMILES string of the molecule is CC(C)(C)C(N)=NC1CCCc2sccc21. The first kappa shape index (κ1) is 11.6. The van der Waals surface area contributed by atoms with E-state index in [0.29, 0.717) is 6.04 Å². The number of hydrogen-bond donors (Lipinski definition) is 1. The first-order valence-corrected chi connectivity index (χ1v) is 6.76. The maximum absolute atomic E-state index is 6.06. The molecule has 1 heterocycles. The Morgan fingerprint density at radius 2 is 2.25 bits per heavy atom. The Bertz CT molecular complexity index is 398. The van der Waals surface area contributed by atoms with Gasteiger partial charge in [0.25, 0.3) is 0 Å². The van der Waals surface area contributed by atoms with Gasteiger partial charge in [-0.3, -0.25) is 4.99 Å². The van der Waals surface area contributed by atoms with E-state index in [2.05, 4.69) is 32.2 Å². The van der Waals surface area contributed by atoms with Gasteiger partial charge in [-0.1, -0.05) is 20.8 Å². The molecule has 1 atom stereocenters. The molecule has 0 spiro atoms. The lowest BCUT2D eigenvalue weighted by molar-refractivity contribution is 0.544. The minimum atomic E-state index is -0.0202. The summed E-state index contributed by atoms with van der Waals surface area (Å²) in [6, 6.07) is 2.51. The molecule has 0 saturated carbocycles. The highest BCUT2D eigenvalue weighted by molar-refractivity contribution is 7.10. The van der Waals surface area contributed by atoms with Crippen LogP contribution in [-0.4, -0.2) is 5.84 Å². The lowest BCUT2D eigenvalue weighted by Crippen LogP contribution is -2.30. The maximum atomic E-state index is 6.06. The van der Waals surface area contributed by atoms with Crippen LogP contribution in [0.25, 0.3) is 0 Å². The molecule has 0 saturated heterocycles. The smallest absolute Gasteiger partial charge is 0.0998 e. The zero-order valence-electron chi connectivity index (χ0n) is 10.3. The van der Waals surface area contributed by atoms with Crippen molar-refractivity contribution in [2.24, 2.45) is 16.1 Å². The third-order valence-electron chi connectivity index (χ3n) is 3.08. The van der Waals surface area contributed by atoms with E-state index in [1.807, 2.05) is 11.3 Å². The Labute approximate surface area is 102 Å². The fourth-order valence-corrected chi connectivity index (χ4v) is 2.94. The van der Waals surface area contributed by atoms with E-state index in [9.17, 15) is 0 Å². The van der Waals surface area contributed by atoms with Crippen molar-refractivity contribution in [3.8, 4) is 0 Å². The van der Waals surface area contributed by atoms with Crippen LogP contribution in [0.1, 0.15) is 50.1 Å². The molecule has 1 aromatic heterocycles. The van der Waals surface area contributed by atoms with Gasteiger partial charge >= 0.3 is 0 Å². The second kappa shape index (κ2) is 4.21. The van der Waals surface area contributed by atoms with Gasteiger partial charge in [-0.25, -0.2) is 0 Å². The van der Waals surface area contributed by atoms with Crippen LogP contribution < -0.4 is 5.73 Å². The van der Waals surface area contributed by atoms with Crippen LogP contribution in [0.3, 0.4) is 0 Å². The Hall–Kier alpha value is -0.830. The summed E-state index contributed by atoms with van der Waals surface area (Å²) < 4.78 is 0. The van der Waals surface area contributed by atoms with Crippen molar-refractivity contribution in [1.82, 2.24) is 0 Å². The average molecular weight is 236 g/mol. The summed E-state index contributed by atoms with van der Waals surface area (Å²) >= 11 is 1.85. The zero-order valence-corrected chi connectivity index (χ0v) is 11.1. The Balaban J connectivity index is 2.26. The van der Waals surface area contributed by atoms with Crippen molar-refractivity contribution >= 4 is 17.2 Å². The summed E-state index contributed by atoms with van der Waals surface area (Å²) in [7, 11) is 0. The predicted octanol–water partition coefficient (Wildman–Crippen LogP) is 3.53. The van der Waals surface area contributed by atoms with E-state index in [4.69, 9.17) is 10.7 Å². The quantitative estimate of drug-likeness (QED) is 0.588. The molecule has 0 radical (unpaired) electrons. The van der Waals surface area contributed by atoms with Gasteiger partial charge in [0.2, 0.25) is 0 Å².